The third-order valence-electron chi connectivity index (χ3n) is 3.48. The van der Waals surface area contributed by atoms with Gasteiger partial charge in [-0.2, -0.15) is 0 Å². The second kappa shape index (κ2) is 6.72. The molecular formula is C14H22N2O. The van der Waals surface area contributed by atoms with Crippen LogP contribution >= 0.6 is 0 Å². The van der Waals surface area contributed by atoms with Crippen LogP contribution in [-0.2, 0) is 0 Å². The Morgan fingerprint density at radius 1 is 1.24 bits per heavy atom. The molecule has 3 nitrogen and oxygen atoms in total. The molecule has 1 aromatic heterocycles. The van der Waals surface area contributed by atoms with Gasteiger partial charge in [0.1, 0.15) is 6.10 Å². The lowest BCUT2D eigenvalue weighted by molar-refractivity contribution is 0.163. The first-order valence-corrected chi connectivity index (χ1v) is 6.68. The molecule has 1 aliphatic rings. The van der Waals surface area contributed by atoms with Gasteiger partial charge >= 0.3 is 0 Å². The Morgan fingerprint density at radius 2 is 2.00 bits per heavy atom. The molecule has 17 heavy (non-hydrogen) atoms. The summed E-state index contributed by atoms with van der Waals surface area (Å²) in [6.45, 7) is 0.613. The number of pyridine rings is 1. The third-order valence-corrected chi connectivity index (χ3v) is 3.48. The molecule has 0 amide bonds. The van der Waals surface area contributed by atoms with E-state index in [-0.39, 0.29) is 0 Å². The fraction of sp³-hybridized carbons (Fsp3) is 0.643. The summed E-state index contributed by atoms with van der Waals surface area (Å²) in [6, 6.07) is 6.24. The summed E-state index contributed by atoms with van der Waals surface area (Å²) >= 11 is 0. The Kier molecular flexibility index (Phi) is 4.95. The van der Waals surface area contributed by atoms with E-state index in [1.54, 1.807) is 6.20 Å². The standard InChI is InChI=1S/C14H22N2O/c17-14(13-9-5-6-10-15-13)11-16-12-7-3-1-2-4-8-12/h5-6,9-10,12,14,16-17H,1-4,7-8,11H2. The minimum absolute atomic E-state index is 0.487. The average Bonchev–Trinajstić information content (AvgIpc) is 2.65. The minimum Gasteiger partial charge on any atom is -0.385 e. The van der Waals surface area contributed by atoms with E-state index in [4.69, 9.17) is 0 Å². The van der Waals surface area contributed by atoms with Crippen LogP contribution in [-0.4, -0.2) is 22.7 Å². The highest BCUT2D eigenvalue weighted by atomic mass is 16.3. The molecule has 0 spiro atoms. The quantitative estimate of drug-likeness (QED) is 0.786. The summed E-state index contributed by atoms with van der Waals surface area (Å²) in [5.74, 6) is 0. The van der Waals surface area contributed by atoms with Crippen LogP contribution < -0.4 is 5.32 Å². The van der Waals surface area contributed by atoms with Gasteiger partial charge in [-0.1, -0.05) is 31.7 Å². The SMILES string of the molecule is OC(CNC1CCCCCC1)c1ccccn1. The van der Waals surface area contributed by atoms with Crippen LogP contribution in [0.1, 0.15) is 50.3 Å². The van der Waals surface area contributed by atoms with E-state index in [0.29, 0.717) is 12.6 Å². The van der Waals surface area contributed by atoms with Crippen LogP contribution in [0, 0.1) is 0 Å². The zero-order valence-corrected chi connectivity index (χ0v) is 10.3. The molecule has 0 aromatic carbocycles. The monoisotopic (exact) mass is 234 g/mol. The highest BCUT2D eigenvalue weighted by molar-refractivity contribution is 5.06. The van der Waals surface area contributed by atoms with Crippen molar-refractivity contribution in [2.24, 2.45) is 0 Å². The first kappa shape index (κ1) is 12.5. The van der Waals surface area contributed by atoms with Crippen molar-refractivity contribution in [3.8, 4) is 0 Å². The Bertz CT molecular complexity index is 307. The Morgan fingerprint density at radius 3 is 2.65 bits per heavy atom. The van der Waals surface area contributed by atoms with Crippen LogP contribution in [0.2, 0.25) is 0 Å². The van der Waals surface area contributed by atoms with Gasteiger partial charge in [-0.05, 0) is 25.0 Å². The molecule has 1 fully saturated rings. The van der Waals surface area contributed by atoms with E-state index in [1.165, 1.54) is 38.5 Å². The van der Waals surface area contributed by atoms with Crippen LogP contribution in [0.25, 0.3) is 0 Å². The lowest BCUT2D eigenvalue weighted by Gasteiger charge is -2.18. The third kappa shape index (κ3) is 4.10. The van der Waals surface area contributed by atoms with Crippen molar-refractivity contribution in [3.05, 3.63) is 30.1 Å². The Labute approximate surface area is 103 Å². The normalized spacial score (nSPS) is 19.8. The Balaban J connectivity index is 1.77. The lowest BCUT2D eigenvalue weighted by atomic mass is 10.1. The van der Waals surface area contributed by atoms with Gasteiger partial charge in [0.05, 0.1) is 5.69 Å². The molecule has 0 saturated heterocycles. The highest BCUT2D eigenvalue weighted by Crippen LogP contribution is 2.18. The van der Waals surface area contributed by atoms with Gasteiger partial charge in [-0.25, -0.2) is 0 Å². The Hall–Kier alpha value is -0.930. The average molecular weight is 234 g/mol. The molecule has 1 aromatic rings. The molecule has 3 heteroatoms. The fourth-order valence-electron chi connectivity index (χ4n) is 2.44. The molecular weight excluding hydrogens is 212 g/mol. The number of nitrogens with one attached hydrogen (secondary N) is 1. The number of hydrogen-bond acceptors (Lipinski definition) is 3. The summed E-state index contributed by atoms with van der Waals surface area (Å²) in [5.41, 5.74) is 0.758. The molecule has 1 aliphatic carbocycles. The first-order chi connectivity index (χ1) is 8.36. The van der Waals surface area contributed by atoms with Crippen molar-refractivity contribution in [2.75, 3.05) is 6.54 Å². The topological polar surface area (TPSA) is 45.1 Å². The highest BCUT2D eigenvalue weighted by Gasteiger charge is 2.14. The summed E-state index contributed by atoms with van der Waals surface area (Å²) in [4.78, 5) is 4.17. The molecule has 2 rings (SSSR count). The van der Waals surface area contributed by atoms with Crippen molar-refractivity contribution in [1.82, 2.24) is 10.3 Å². The number of hydrogen-bond donors (Lipinski definition) is 2. The zero-order chi connectivity index (χ0) is 11.9. The van der Waals surface area contributed by atoms with Crippen LogP contribution in [0.4, 0.5) is 0 Å². The van der Waals surface area contributed by atoms with Crippen LogP contribution in [0.15, 0.2) is 24.4 Å². The molecule has 1 heterocycles. The van der Waals surface area contributed by atoms with Crippen LogP contribution in [0.3, 0.4) is 0 Å². The number of aromatic nitrogens is 1. The second-order valence-electron chi connectivity index (χ2n) is 4.87. The van der Waals surface area contributed by atoms with Crippen molar-refractivity contribution < 1.29 is 5.11 Å². The maximum absolute atomic E-state index is 10.00. The number of rotatable bonds is 4. The van der Waals surface area contributed by atoms with Crippen LogP contribution in [0.5, 0.6) is 0 Å². The van der Waals surface area contributed by atoms with E-state index in [0.717, 1.165) is 5.69 Å². The smallest absolute Gasteiger partial charge is 0.108 e. The molecule has 0 bridgehead atoms. The van der Waals surface area contributed by atoms with Gasteiger partial charge in [0.15, 0.2) is 0 Å². The molecule has 1 atom stereocenters. The number of nitrogens with zero attached hydrogens (tertiary/aromatic N) is 1. The lowest BCUT2D eigenvalue weighted by Crippen LogP contribution is -2.32. The van der Waals surface area contributed by atoms with Crippen molar-refractivity contribution in [2.45, 2.75) is 50.7 Å². The predicted octanol–water partition coefficient (Wildman–Crippen LogP) is 2.43. The largest absolute Gasteiger partial charge is 0.385 e. The molecule has 1 saturated carbocycles. The van der Waals surface area contributed by atoms with Gasteiger partial charge in [0.2, 0.25) is 0 Å². The van der Waals surface area contributed by atoms with E-state index >= 15 is 0 Å². The summed E-state index contributed by atoms with van der Waals surface area (Å²) in [6.07, 6.45) is 9.09. The number of aliphatic hydroxyl groups excluding tert-OH is 1. The van der Waals surface area contributed by atoms with Gasteiger partial charge in [0.25, 0.3) is 0 Å². The van der Waals surface area contributed by atoms with E-state index in [9.17, 15) is 5.11 Å². The molecule has 94 valence electrons. The van der Waals surface area contributed by atoms with Crippen molar-refractivity contribution in [3.63, 3.8) is 0 Å². The first-order valence-electron chi connectivity index (χ1n) is 6.68. The fourth-order valence-corrected chi connectivity index (χ4v) is 2.44. The maximum atomic E-state index is 10.00. The van der Waals surface area contributed by atoms with Gasteiger partial charge in [-0.15, -0.1) is 0 Å². The predicted molar refractivity (Wildman–Crippen MR) is 68.7 cm³/mol. The molecule has 0 radical (unpaired) electrons. The van der Waals surface area contributed by atoms with E-state index in [1.807, 2.05) is 18.2 Å². The molecule has 1 unspecified atom stereocenters. The minimum atomic E-state index is -0.487. The second-order valence-corrected chi connectivity index (χ2v) is 4.87. The molecule has 0 aliphatic heterocycles. The zero-order valence-electron chi connectivity index (χ0n) is 10.3. The van der Waals surface area contributed by atoms with Crippen molar-refractivity contribution in [1.29, 1.82) is 0 Å². The van der Waals surface area contributed by atoms with Gasteiger partial charge in [0, 0.05) is 18.8 Å². The number of aliphatic hydroxyl groups is 1. The van der Waals surface area contributed by atoms with E-state index < -0.39 is 6.10 Å². The summed E-state index contributed by atoms with van der Waals surface area (Å²) in [5, 5.41) is 13.5. The van der Waals surface area contributed by atoms with E-state index in [2.05, 4.69) is 10.3 Å². The van der Waals surface area contributed by atoms with Crippen molar-refractivity contribution >= 4 is 0 Å². The van der Waals surface area contributed by atoms with Gasteiger partial charge < -0.3 is 10.4 Å². The summed E-state index contributed by atoms with van der Waals surface area (Å²) in [7, 11) is 0. The maximum Gasteiger partial charge on any atom is 0.108 e. The summed E-state index contributed by atoms with van der Waals surface area (Å²) < 4.78 is 0. The van der Waals surface area contributed by atoms with Gasteiger partial charge in [-0.3, -0.25) is 4.98 Å². The molecule has 2 N–H and O–H groups in total.